The number of anilines is 1. The maximum absolute atomic E-state index is 13.0. The smallest absolute Gasteiger partial charge is 0.256 e. The van der Waals surface area contributed by atoms with Crippen LogP contribution in [-0.4, -0.2) is 37.8 Å². The van der Waals surface area contributed by atoms with Crippen molar-refractivity contribution in [2.75, 3.05) is 17.2 Å². The quantitative estimate of drug-likeness (QED) is 0.596. The van der Waals surface area contributed by atoms with Gasteiger partial charge in [-0.05, 0) is 57.0 Å². The number of thioether (sulfide) groups is 1. The van der Waals surface area contributed by atoms with Gasteiger partial charge < -0.3 is 4.90 Å². The Labute approximate surface area is 168 Å². The summed E-state index contributed by atoms with van der Waals surface area (Å²) in [6.45, 7) is 8.23. The van der Waals surface area contributed by atoms with E-state index in [1.165, 1.54) is 11.8 Å². The van der Waals surface area contributed by atoms with Gasteiger partial charge in [0, 0.05) is 23.6 Å². The Kier molecular flexibility index (Phi) is 5.95. The lowest BCUT2D eigenvalue weighted by molar-refractivity contribution is -0.116. The number of aromatic nitrogens is 4. The summed E-state index contributed by atoms with van der Waals surface area (Å²) >= 11 is 1.32. The van der Waals surface area contributed by atoms with Crippen molar-refractivity contribution in [3.8, 4) is 6.07 Å². The Morgan fingerprint density at radius 1 is 1.14 bits per heavy atom. The number of carbonyl (C=O) groups is 1. The van der Waals surface area contributed by atoms with Gasteiger partial charge in [-0.2, -0.15) is 5.26 Å². The minimum absolute atomic E-state index is 0.0697. The highest BCUT2D eigenvalue weighted by molar-refractivity contribution is 7.99. The fraction of sp³-hybridized carbons (Fsp3) is 0.350. The number of fused-ring (bicyclic) bond motifs is 1. The molecule has 3 aromatic rings. The first-order valence-electron chi connectivity index (χ1n) is 8.97. The van der Waals surface area contributed by atoms with Crippen LogP contribution in [0.1, 0.15) is 28.9 Å². The molecule has 0 unspecified atom stereocenters. The predicted octanol–water partition coefficient (Wildman–Crippen LogP) is 3.40. The normalized spacial score (nSPS) is 10.8. The van der Waals surface area contributed by atoms with Gasteiger partial charge in [0.1, 0.15) is 0 Å². The first kappa shape index (κ1) is 19.8. The second kappa shape index (κ2) is 8.40. The SMILES string of the molecule is Cc1cc(C)cc(N(CCC#N)C(=O)CSc2nnc3nc(C)cc(C)n23)c1. The van der Waals surface area contributed by atoms with E-state index >= 15 is 0 Å². The van der Waals surface area contributed by atoms with Gasteiger partial charge >= 0.3 is 0 Å². The molecule has 0 fully saturated rings. The first-order valence-corrected chi connectivity index (χ1v) is 9.95. The van der Waals surface area contributed by atoms with Crippen LogP contribution in [0.4, 0.5) is 5.69 Å². The van der Waals surface area contributed by atoms with Crippen LogP contribution in [0.3, 0.4) is 0 Å². The summed E-state index contributed by atoms with van der Waals surface area (Å²) < 4.78 is 1.85. The van der Waals surface area contributed by atoms with Gasteiger partial charge in [0.25, 0.3) is 5.78 Å². The number of benzene rings is 1. The van der Waals surface area contributed by atoms with Gasteiger partial charge in [-0.3, -0.25) is 9.20 Å². The van der Waals surface area contributed by atoms with E-state index in [0.29, 0.717) is 17.5 Å². The van der Waals surface area contributed by atoms with Gasteiger partial charge in [-0.1, -0.05) is 17.8 Å². The molecule has 0 aliphatic carbocycles. The van der Waals surface area contributed by atoms with Gasteiger partial charge in [-0.15, -0.1) is 10.2 Å². The highest BCUT2D eigenvalue weighted by Gasteiger charge is 2.19. The van der Waals surface area contributed by atoms with Crippen molar-refractivity contribution in [1.82, 2.24) is 19.6 Å². The number of aryl methyl sites for hydroxylation is 4. The molecular weight excluding hydrogens is 372 g/mol. The third-order valence-corrected chi connectivity index (χ3v) is 5.17. The zero-order chi connectivity index (χ0) is 20.3. The number of carbonyl (C=O) groups excluding carboxylic acids is 1. The molecule has 0 aliphatic rings. The number of amides is 1. The monoisotopic (exact) mass is 394 g/mol. The van der Waals surface area contributed by atoms with Crippen LogP contribution in [0.15, 0.2) is 29.4 Å². The number of rotatable bonds is 6. The zero-order valence-corrected chi connectivity index (χ0v) is 17.2. The van der Waals surface area contributed by atoms with Crippen LogP contribution in [0.25, 0.3) is 5.78 Å². The topological polar surface area (TPSA) is 87.2 Å². The third-order valence-electron chi connectivity index (χ3n) is 4.25. The molecule has 0 spiro atoms. The number of nitriles is 1. The minimum Gasteiger partial charge on any atom is -0.311 e. The lowest BCUT2D eigenvalue weighted by atomic mass is 10.1. The summed E-state index contributed by atoms with van der Waals surface area (Å²) in [5.41, 5.74) is 4.83. The average molecular weight is 395 g/mol. The number of hydrogen-bond acceptors (Lipinski definition) is 6. The molecule has 2 aromatic heterocycles. The minimum atomic E-state index is -0.0697. The Morgan fingerprint density at radius 3 is 2.54 bits per heavy atom. The molecule has 2 heterocycles. The molecule has 0 bridgehead atoms. The molecule has 144 valence electrons. The summed E-state index contributed by atoms with van der Waals surface area (Å²) in [5.74, 6) is 0.662. The maximum atomic E-state index is 13.0. The Bertz CT molecular complexity index is 1050. The molecule has 0 aliphatic heterocycles. The van der Waals surface area contributed by atoms with Crippen LogP contribution in [0, 0.1) is 39.0 Å². The van der Waals surface area contributed by atoms with Crippen molar-refractivity contribution >= 4 is 29.1 Å². The molecular formula is C20H22N6OS. The van der Waals surface area contributed by atoms with E-state index in [2.05, 4.69) is 27.3 Å². The van der Waals surface area contributed by atoms with E-state index in [0.717, 1.165) is 28.2 Å². The molecule has 28 heavy (non-hydrogen) atoms. The van der Waals surface area contributed by atoms with E-state index in [-0.39, 0.29) is 18.1 Å². The highest BCUT2D eigenvalue weighted by atomic mass is 32.2. The van der Waals surface area contributed by atoms with Crippen LogP contribution in [-0.2, 0) is 4.79 Å². The maximum Gasteiger partial charge on any atom is 0.256 e. The molecule has 0 N–H and O–H groups in total. The molecule has 1 aromatic carbocycles. The van der Waals surface area contributed by atoms with Crippen molar-refractivity contribution < 1.29 is 4.79 Å². The van der Waals surface area contributed by atoms with E-state index in [1.54, 1.807) is 4.90 Å². The van der Waals surface area contributed by atoms with E-state index < -0.39 is 0 Å². The van der Waals surface area contributed by atoms with Gasteiger partial charge in [0.05, 0.1) is 18.2 Å². The third kappa shape index (κ3) is 4.31. The summed E-state index contributed by atoms with van der Waals surface area (Å²) in [7, 11) is 0. The average Bonchev–Trinajstić information content (AvgIpc) is 3.02. The summed E-state index contributed by atoms with van der Waals surface area (Å²) in [6.07, 6.45) is 0.277. The highest BCUT2D eigenvalue weighted by Crippen LogP contribution is 2.23. The number of nitrogens with zero attached hydrogens (tertiary/aromatic N) is 6. The molecule has 0 saturated carbocycles. The summed E-state index contributed by atoms with van der Waals surface area (Å²) in [4.78, 5) is 19.0. The fourth-order valence-corrected chi connectivity index (χ4v) is 4.03. The van der Waals surface area contributed by atoms with Gasteiger partial charge in [-0.25, -0.2) is 4.98 Å². The second-order valence-corrected chi connectivity index (χ2v) is 7.69. The molecule has 7 nitrogen and oxygen atoms in total. The first-order chi connectivity index (χ1) is 13.4. The van der Waals surface area contributed by atoms with Crippen molar-refractivity contribution in [3.05, 3.63) is 46.8 Å². The Balaban J connectivity index is 1.82. The lowest BCUT2D eigenvalue weighted by Gasteiger charge is -2.22. The Hall–Kier alpha value is -2.92. The Morgan fingerprint density at radius 2 is 1.86 bits per heavy atom. The van der Waals surface area contributed by atoms with E-state index in [4.69, 9.17) is 5.26 Å². The zero-order valence-electron chi connectivity index (χ0n) is 16.4. The second-order valence-electron chi connectivity index (χ2n) is 6.74. The van der Waals surface area contributed by atoms with Crippen molar-refractivity contribution in [3.63, 3.8) is 0 Å². The number of hydrogen-bond donors (Lipinski definition) is 0. The van der Waals surface area contributed by atoms with Gasteiger partial charge in [0.2, 0.25) is 5.91 Å². The molecule has 0 radical (unpaired) electrons. The van der Waals surface area contributed by atoms with E-state index in [9.17, 15) is 4.79 Å². The van der Waals surface area contributed by atoms with Crippen molar-refractivity contribution in [2.24, 2.45) is 0 Å². The molecule has 3 rings (SSSR count). The van der Waals surface area contributed by atoms with Crippen LogP contribution in [0.5, 0.6) is 0 Å². The van der Waals surface area contributed by atoms with Crippen LogP contribution >= 0.6 is 11.8 Å². The summed E-state index contributed by atoms with van der Waals surface area (Å²) in [6, 6.07) is 10.1. The van der Waals surface area contributed by atoms with Crippen LogP contribution < -0.4 is 4.90 Å². The molecule has 1 amide bonds. The van der Waals surface area contributed by atoms with Gasteiger partial charge in [0.15, 0.2) is 5.16 Å². The molecule has 0 atom stereocenters. The molecule has 8 heteroatoms. The summed E-state index contributed by atoms with van der Waals surface area (Å²) in [5, 5.41) is 17.9. The fourth-order valence-electron chi connectivity index (χ4n) is 3.16. The molecule has 0 saturated heterocycles. The lowest BCUT2D eigenvalue weighted by Crippen LogP contribution is -2.33. The standard InChI is InChI=1S/C20H22N6OS/c1-13-8-14(2)10-17(9-13)25(7-5-6-21)18(27)12-28-20-24-23-19-22-15(3)11-16(4)26(19)20/h8-11H,5,7,12H2,1-4H3. The van der Waals surface area contributed by atoms with Crippen molar-refractivity contribution in [2.45, 2.75) is 39.3 Å². The predicted molar refractivity (Wildman–Crippen MR) is 109 cm³/mol. The van der Waals surface area contributed by atoms with Crippen LogP contribution in [0.2, 0.25) is 0 Å². The van der Waals surface area contributed by atoms with E-state index in [1.807, 2.05) is 50.3 Å². The van der Waals surface area contributed by atoms with Crippen molar-refractivity contribution in [1.29, 1.82) is 5.26 Å². The largest absolute Gasteiger partial charge is 0.311 e.